The SMILES string of the molecule is C=CC(=O)N(C)c1ccc(C(=O)N2CCN(C(=O)c3cccc(F)c3)CC2)cc1. The van der Waals surface area contributed by atoms with Crippen LogP contribution in [0.25, 0.3) is 0 Å². The Morgan fingerprint density at radius 2 is 1.48 bits per heavy atom. The van der Waals surface area contributed by atoms with Crippen LogP contribution < -0.4 is 4.90 Å². The highest BCUT2D eigenvalue weighted by molar-refractivity contribution is 6.01. The van der Waals surface area contributed by atoms with Gasteiger partial charge in [0.1, 0.15) is 5.82 Å². The van der Waals surface area contributed by atoms with Crippen LogP contribution >= 0.6 is 0 Å². The van der Waals surface area contributed by atoms with Crippen LogP contribution in [0.4, 0.5) is 10.1 Å². The number of rotatable bonds is 4. The molecule has 0 radical (unpaired) electrons. The molecule has 0 aliphatic carbocycles. The van der Waals surface area contributed by atoms with Crippen LogP contribution in [0.15, 0.2) is 61.2 Å². The zero-order valence-corrected chi connectivity index (χ0v) is 16.2. The molecular formula is C22H22FN3O3. The van der Waals surface area contributed by atoms with E-state index < -0.39 is 5.82 Å². The highest BCUT2D eigenvalue weighted by Gasteiger charge is 2.25. The fourth-order valence-corrected chi connectivity index (χ4v) is 3.19. The highest BCUT2D eigenvalue weighted by Crippen LogP contribution is 2.17. The number of halogens is 1. The average molecular weight is 395 g/mol. The van der Waals surface area contributed by atoms with E-state index in [-0.39, 0.29) is 17.7 Å². The number of carbonyl (C=O) groups is 3. The van der Waals surface area contributed by atoms with E-state index >= 15 is 0 Å². The third-order valence-corrected chi connectivity index (χ3v) is 4.93. The summed E-state index contributed by atoms with van der Waals surface area (Å²) in [6, 6.07) is 12.4. The van der Waals surface area contributed by atoms with Gasteiger partial charge in [0.25, 0.3) is 11.8 Å². The van der Waals surface area contributed by atoms with Gasteiger partial charge in [-0.05, 0) is 48.5 Å². The zero-order chi connectivity index (χ0) is 21.0. The normalized spacial score (nSPS) is 13.7. The van der Waals surface area contributed by atoms with Crippen LogP contribution in [0, 0.1) is 5.82 Å². The van der Waals surface area contributed by atoms with Crippen LogP contribution in [0.5, 0.6) is 0 Å². The Morgan fingerprint density at radius 3 is 2.00 bits per heavy atom. The summed E-state index contributed by atoms with van der Waals surface area (Å²) in [5.74, 6) is -1.06. The monoisotopic (exact) mass is 395 g/mol. The van der Waals surface area contributed by atoms with Gasteiger partial charge in [-0.2, -0.15) is 0 Å². The molecule has 1 aliphatic heterocycles. The summed E-state index contributed by atoms with van der Waals surface area (Å²) in [6.07, 6.45) is 1.23. The minimum absolute atomic E-state index is 0.132. The second kappa shape index (κ2) is 8.68. The Morgan fingerprint density at radius 1 is 0.931 bits per heavy atom. The first-order valence-corrected chi connectivity index (χ1v) is 9.25. The molecule has 1 saturated heterocycles. The Balaban J connectivity index is 1.60. The average Bonchev–Trinajstić information content (AvgIpc) is 2.77. The molecular weight excluding hydrogens is 373 g/mol. The zero-order valence-electron chi connectivity index (χ0n) is 16.2. The molecule has 6 nitrogen and oxygen atoms in total. The number of piperazine rings is 1. The first-order valence-electron chi connectivity index (χ1n) is 9.25. The summed E-state index contributed by atoms with van der Waals surface area (Å²) in [4.78, 5) is 41.6. The third kappa shape index (κ3) is 4.51. The first-order chi connectivity index (χ1) is 13.9. The molecule has 1 aliphatic rings. The van der Waals surface area contributed by atoms with Gasteiger partial charge in [0.05, 0.1) is 0 Å². The summed E-state index contributed by atoms with van der Waals surface area (Å²) in [7, 11) is 1.63. The van der Waals surface area contributed by atoms with Gasteiger partial charge in [-0.1, -0.05) is 12.6 Å². The van der Waals surface area contributed by atoms with Gasteiger partial charge in [0, 0.05) is 50.0 Å². The molecule has 0 unspecified atom stereocenters. The maximum atomic E-state index is 13.3. The van der Waals surface area contributed by atoms with E-state index in [2.05, 4.69) is 6.58 Å². The van der Waals surface area contributed by atoms with Gasteiger partial charge < -0.3 is 14.7 Å². The maximum absolute atomic E-state index is 13.3. The number of nitrogens with zero attached hydrogens (tertiary/aromatic N) is 3. The van der Waals surface area contributed by atoms with E-state index in [0.717, 1.165) is 0 Å². The van der Waals surface area contributed by atoms with Crippen molar-refractivity contribution < 1.29 is 18.8 Å². The molecule has 0 bridgehead atoms. The molecule has 2 aromatic rings. The van der Waals surface area contributed by atoms with E-state index in [9.17, 15) is 18.8 Å². The van der Waals surface area contributed by atoms with Crippen LogP contribution in [-0.2, 0) is 4.79 Å². The number of likely N-dealkylation sites (N-methyl/N-ethyl adjacent to an activating group) is 1. The van der Waals surface area contributed by atoms with Crippen molar-refractivity contribution in [1.29, 1.82) is 0 Å². The van der Waals surface area contributed by atoms with Gasteiger partial charge in [0.15, 0.2) is 0 Å². The number of carbonyl (C=O) groups excluding carboxylic acids is 3. The van der Waals surface area contributed by atoms with Crippen molar-refractivity contribution in [2.24, 2.45) is 0 Å². The number of hydrogen-bond acceptors (Lipinski definition) is 3. The van der Waals surface area contributed by atoms with Gasteiger partial charge in [-0.3, -0.25) is 14.4 Å². The van der Waals surface area contributed by atoms with Gasteiger partial charge >= 0.3 is 0 Å². The smallest absolute Gasteiger partial charge is 0.254 e. The second-order valence-corrected chi connectivity index (χ2v) is 6.74. The van der Waals surface area contributed by atoms with Crippen molar-refractivity contribution in [1.82, 2.24) is 9.80 Å². The predicted octanol–water partition coefficient (Wildman–Crippen LogP) is 2.57. The second-order valence-electron chi connectivity index (χ2n) is 6.74. The van der Waals surface area contributed by atoms with E-state index in [1.807, 2.05) is 0 Å². The largest absolute Gasteiger partial charge is 0.335 e. The lowest BCUT2D eigenvalue weighted by atomic mass is 10.1. The van der Waals surface area contributed by atoms with Crippen LogP contribution in [0.2, 0.25) is 0 Å². The molecule has 0 aromatic heterocycles. The number of hydrogen-bond donors (Lipinski definition) is 0. The topological polar surface area (TPSA) is 60.9 Å². The van der Waals surface area contributed by atoms with Crippen LogP contribution in [0.1, 0.15) is 20.7 Å². The summed E-state index contributed by atoms with van der Waals surface area (Å²) >= 11 is 0. The molecule has 0 N–H and O–H groups in total. The van der Waals surface area contributed by atoms with E-state index in [4.69, 9.17) is 0 Å². The number of amides is 3. The molecule has 7 heteroatoms. The molecule has 0 atom stereocenters. The standard InChI is InChI=1S/C22H22FN3O3/c1-3-20(27)24(2)19-9-7-16(8-10-19)21(28)25-11-13-26(14-12-25)22(29)17-5-4-6-18(23)15-17/h3-10,15H,1,11-14H2,2H3. The minimum atomic E-state index is -0.450. The Hall–Kier alpha value is -3.48. The summed E-state index contributed by atoms with van der Waals surface area (Å²) in [5, 5.41) is 0. The minimum Gasteiger partial charge on any atom is -0.335 e. The first kappa shape index (κ1) is 20.3. The van der Waals surface area contributed by atoms with E-state index in [1.54, 1.807) is 47.2 Å². The van der Waals surface area contributed by atoms with E-state index in [0.29, 0.717) is 43.0 Å². The molecule has 3 amide bonds. The highest BCUT2D eigenvalue weighted by atomic mass is 19.1. The number of anilines is 1. The third-order valence-electron chi connectivity index (χ3n) is 4.93. The van der Waals surface area contributed by atoms with Gasteiger partial charge in [-0.25, -0.2) is 4.39 Å². The quantitative estimate of drug-likeness (QED) is 0.748. The van der Waals surface area contributed by atoms with Crippen molar-refractivity contribution in [2.75, 3.05) is 38.1 Å². The van der Waals surface area contributed by atoms with Crippen LogP contribution in [0.3, 0.4) is 0 Å². The summed E-state index contributed by atoms with van der Waals surface area (Å²) < 4.78 is 13.3. The molecule has 3 rings (SSSR count). The van der Waals surface area contributed by atoms with E-state index in [1.165, 1.54) is 29.2 Å². The van der Waals surface area contributed by atoms with Crippen molar-refractivity contribution in [2.45, 2.75) is 0 Å². The molecule has 2 aromatic carbocycles. The maximum Gasteiger partial charge on any atom is 0.254 e. The predicted molar refractivity (Wildman–Crippen MR) is 108 cm³/mol. The Bertz CT molecular complexity index is 935. The Labute approximate surface area is 168 Å². The molecule has 0 spiro atoms. The fraction of sp³-hybridized carbons (Fsp3) is 0.227. The lowest BCUT2D eigenvalue weighted by Crippen LogP contribution is -2.50. The van der Waals surface area contributed by atoms with Crippen molar-refractivity contribution >= 4 is 23.4 Å². The molecule has 1 fully saturated rings. The molecule has 0 saturated carbocycles. The summed E-state index contributed by atoms with van der Waals surface area (Å²) in [5.41, 5.74) is 1.48. The Kier molecular flexibility index (Phi) is 6.07. The van der Waals surface area contributed by atoms with Crippen LogP contribution in [-0.4, -0.2) is 60.7 Å². The van der Waals surface area contributed by atoms with Gasteiger partial charge in [-0.15, -0.1) is 0 Å². The summed E-state index contributed by atoms with van der Waals surface area (Å²) in [6.45, 7) is 5.03. The van der Waals surface area contributed by atoms with Crippen molar-refractivity contribution in [3.8, 4) is 0 Å². The number of benzene rings is 2. The van der Waals surface area contributed by atoms with Crippen molar-refractivity contribution in [3.05, 3.63) is 78.1 Å². The fourth-order valence-electron chi connectivity index (χ4n) is 3.19. The van der Waals surface area contributed by atoms with Crippen molar-refractivity contribution in [3.63, 3.8) is 0 Å². The lowest BCUT2D eigenvalue weighted by molar-refractivity contribution is -0.113. The lowest BCUT2D eigenvalue weighted by Gasteiger charge is -2.35. The molecule has 150 valence electrons. The molecule has 1 heterocycles. The van der Waals surface area contributed by atoms with Gasteiger partial charge in [0.2, 0.25) is 5.91 Å². The molecule has 29 heavy (non-hydrogen) atoms.